The molecule has 3 rings (SSSR count). The zero-order valence-corrected chi connectivity index (χ0v) is 15.8. The Labute approximate surface area is 164 Å². The molecular weight excluding hydrogens is 360 g/mol. The normalized spacial score (nSPS) is 24.7. The van der Waals surface area contributed by atoms with Crippen LogP contribution in [-0.2, 0) is 22.3 Å². The lowest BCUT2D eigenvalue weighted by atomic mass is 9.92. The third-order valence-corrected chi connectivity index (χ3v) is 5.14. The molecule has 0 saturated carbocycles. The number of methoxy groups -OCH3 is 1. The minimum atomic E-state index is -1.01. The first-order valence-corrected chi connectivity index (χ1v) is 9.40. The molecule has 150 valence electrons. The molecule has 4 atom stereocenters. The molecule has 0 bridgehead atoms. The number of ether oxygens (including phenoxy) is 2. The van der Waals surface area contributed by atoms with Crippen molar-refractivity contribution in [2.45, 2.75) is 43.7 Å². The minimum absolute atomic E-state index is 0.187. The monoisotopic (exact) mass is 386 g/mol. The van der Waals surface area contributed by atoms with Crippen LogP contribution in [0, 0.1) is 0 Å². The van der Waals surface area contributed by atoms with Gasteiger partial charge in [-0.1, -0.05) is 36.4 Å². The van der Waals surface area contributed by atoms with E-state index in [1.165, 1.54) is 7.11 Å². The lowest BCUT2D eigenvalue weighted by molar-refractivity contribution is -0.179. The van der Waals surface area contributed by atoms with Crippen molar-refractivity contribution < 1.29 is 29.6 Å². The van der Waals surface area contributed by atoms with Gasteiger partial charge in [0.25, 0.3) is 0 Å². The Morgan fingerprint density at radius 2 is 1.61 bits per heavy atom. The van der Waals surface area contributed by atoms with Gasteiger partial charge in [-0.05, 0) is 41.7 Å². The summed E-state index contributed by atoms with van der Waals surface area (Å²) in [5, 5.41) is 29.5. The van der Waals surface area contributed by atoms with Crippen LogP contribution in [-0.4, -0.2) is 53.3 Å². The second-order valence-electron chi connectivity index (χ2n) is 7.08. The molecule has 28 heavy (non-hydrogen) atoms. The van der Waals surface area contributed by atoms with Crippen LogP contribution in [0.4, 0.5) is 0 Å². The summed E-state index contributed by atoms with van der Waals surface area (Å²) >= 11 is 0. The van der Waals surface area contributed by atoms with Gasteiger partial charge in [0, 0.05) is 6.42 Å². The molecule has 0 spiro atoms. The van der Waals surface area contributed by atoms with Crippen LogP contribution < -0.4 is 0 Å². The van der Waals surface area contributed by atoms with Crippen molar-refractivity contribution in [3.8, 4) is 0 Å². The Bertz CT molecular complexity index is 771. The number of carbonyl (C=O) groups excluding carboxylic acids is 1. The maximum absolute atomic E-state index is 11.5. The standard InChI is InChI=1S/C22H26O6/c1-27-22(26)17-10-6-15(7-11-17)3-2-14-4-8-16(9-5-14)21-20(25)19(24)12-18(13-23)28-21/h4-11,18-21,23-25H,2-3,12-13H2,1H3/t18-,19-,20-,21+/m0/s1. The number of aliphatic hydroxyl groups is 3. The molecule has 0 aliphatic carbocycles. The van der Waals surface area contributed by atoms with Crippen molar-refractivity contribution in [2.75, 3.05) is 13.7 Å². The first-order valence-electron chi connectivity index (χ1n) is 9.40. The zero-order valence-electron chi connectivity index (χ0n) is 15.8. The first kappa shape index (κ1) is 20.5. The highest BCUT2D eigenvalue weighted by Gasteiger charge is 2.37. The summed E-state index contributed by atoms with van der Waals surface area (Å²) in [6.45, 7) is -0.187. The van der Waals surface area contributed by atoms with Gasteiger partial charge in [0.15, 0.2) is 0 Å². The predicted octanol–water partition coefficient (Wildman–Crippen LogP) is 1.80. The molecule has 0 radical (unpaired) electrons. The van der Waals surface area contributed by atoms with E-state index in [0.717, 1.165) is 29.5 Å². The number of hydrogen-bond acceptors (Lipinski definition) is 6. The highest BCUT2D eigenvalue weighted by atomic mass is 16.5. The van der Waals surface area contributed by atoms with Gasteiger partial charge in [-0.3, -0.25) is 0 Å². The SMILES string of the molecule is COC(=O)c1ccc(CCc2ccc([C@H]3O[C@H](CO)C[C@H](O)[C@@H]3O)cc2)cc1. The lowest BCUT2D eigenvalue weighted by Crippen LogP contribution is -2.44. The molecular formula is C22H26O6. The van der Waals surface area contributed by atoms with E-state index in [-0.39, 0.29) is 19.0 Å². The first-order chi connectivity index (χ1) is 13.5. The molecule has 0 amide bonds. The van der Waals surface area contributed by atoms with Crippen LogP contribution in [0.5, 0.6) is 0 Å². The Balaban J connectivity index is 1.60. The summed E-state index contributed by atoms with van der Waals surface area (Å²) in [5.41, 5.74) is 3.56. The topological polar surface area (TPSA) is 96.2 Å². The molecule has 3 N–H and O–H groups in total. The van der Waals surface area contributed by atoms with Gasteiger partial charge >= 0.3 is 5.97 Å². The van der Waals surface area contributed by atoms with Gasteiger partial charge < -0.3 is 24.8 Å². The molecule has 0 unspecified atom stereocenters. The Hall–Kier alpha value is -2.25. The molecule has 1 aliphatic rings. The molecule has 6 heteroatoms. The van der Waals surface area contributed by atoms with Crippen molar-refractivity contribution in [3.63, 3.8) is 0 Å². The summed E-state index contributed by atoms with van der Waals surface area (Å²) < 4.78 is 10.4. The van der Waals surface area contributed by atoms with Crippen LogP contribution in [0.1, 0.15) is 39.6 Å². The van der Waals surface area contributed by atoms with Gasteiger partial charge in [0.05, 0.1) is 31.5 Å². The molecule has 2 aromatic carbocycles. The van der Waals surface area contributed by atoms with Crippen LogP contribution >= 0.6 is 0 Å². The third kappa shape index (κ3) is 4.77. The molecule has 2 aromatic rings. The minimum Gasteiger partial charge on any atom is -0.465 e. The Kier molecular flexibility index (Phi) is 6.80. The predicted molar refractivity (Wildman–Crippen MR) is 103 cm³/mol. The fourth-order valence-electron chi connectivity index (χ4n) is 3.44. The molecule has 1 fully saturated rings. The molecule has 1 heterocycles. The van der Waals surface area contributed by atoms with Crippen LogP contribution in [0.15, 0.2) is 48.5 Å². The van der Waals surface area contributed by atoms with Crippen LogP contribution in [0.2, 0.25) is 0 Å². The maximum Gasteiger partial charge on any atom is 0.337 e. The average Bonchev–Trinajstić information content (AvgIpc) is 2.74. The largest absolute Gasteiger partial charge is 0.465 e. The van der Waals surface area contributed by atoms with Crippen LogP contribution in [0.3, 0.4) is 0 Å². The number of aryl methyl sites for hydroxylation is 2. The maximum atomic E-state index is 11.5. The number of benzene rings is 2. The van der Waals surface area contributed by atoms with Crippen molar-refractivity contribution in [1.82, 2.24) is 0 Å². The zero-order chi connectivity index (χ0) is 20.1. The summed E-state index contributed by atoms with van der Waals surface area (Å²) in [6, 6.07) is 15.1. The highest BCUT2D eigenvalue weighted by molar-refractivity contribution is 5.89. The van der Waals surface area contributed by atoms with Crippen molar-refractivity contribution in [2.24, 2.45) is 0 Å². The summed E-state index contributed by atoms with van der Waals surface area (Å²) in [7, 11) is 1.36. The molecule has 6 nitrogen and oxygen atoms in total. The van der Waals surface area contributed by atoms with Gasteiger partial charge in [0.1, 0.15) is 12.2 Å². The second-order valence-corrected chi connectivity index (χ2v) is 7.08. The third-order valence-electron chi connectivity index (χ3n) is 5.14. The van der Waals surface area contributed by atoms with Gasteiger partial charge in [0.2, 0.25) is 0 Å². The van der Waals surface area contributed by atoms with Gasteiger partial charge in [-0.25, -0.2) is 4.79 Å². The Morgan fingerprint density at radius 1 is 1.04 bits per heavy atom. The van der Waals surface area contributed by atoms with Crippen molar-refractivity contribution in [3.05, 3.63) is 70.8 Å². The average molecular weight is 386 g/mol. The lowest BCUT2D eigenvalue weighted by Gasteiger charge is -2.36. The number of hydrogen-bond donors (Lipinski definition) is 3. The van der Waals surface area contributed by atoms with E-state index in [9.17, 15) is 20.1 Å². The van der Waals surface area contributed by atoms with E-state index in [0.29, 0.717) is 5.56 Å². The van der Waals surface area contributed by atoms with Crippen molar-refractivity contribution >= 4 is 5.97 Å². The second kappa shape index (κ2) is 9.30. The van der Waals surface area contributed by atoms with E-state index in [1.807, 2.05) is 36.4 Å². The van der Waals surface area contributed by atoms with E-state index in [2.05, 4.69) is 0 Å². The number of esters is 1. The van der Waals surface area contributed by atoms with Crippen LogP contribution in [0.25, 0.3) is 0 Å². The highest BCUT2D eigenvalue weighted by Crippen LogP contribution is 2.32. The number of rotatable bonds is 6. The summed E-state index contributed by atoms with van der Waals surface area (Å²) in [5.74, 6) is -0.345. The van der Waals surface area contributed by atoms with Crippen molar-refractivity contribution in [1.29, 1.82) is 0 Å². The van der Waals surface area contributed by atoms with Gasteiger partial charge in [-0.2, -0.15) is 0 Å². The number of carbonyl (C=O) groups is 1. The Morgan fingerprint density at radius 3 is 2.14 bits per heavy atom. The molecule has 0 aromatic heterocycles. The van der Waals surface area contributed by atoms with Gasteiger partial charge in [-0.15, -0.1) is 0 Å². The van der Waals surface area contributed by atoms with E-state index in [1.54, 1.807) is 12.1 Å². The summed E-state index contributed by atoms with van der Waals surface area (Å²) in [4.78, 5) is 11.5. The fourth-order valence-corrected chi connectivity index (χ4v) is 3.44. The smallest absolute Gasteiger partial charge is 0.337 e. The van der Waals surface area contributed by atoms with E-state index >= 15 is 0 Å². The quantitative estimate of drug-likeness (QED) is 0.655. The molecule has 1 saturated heterocycles. The number of aliphatic hydroxyl groups excluding tert-OH is 3. The fraction of sp³-hybridized carbons (Fsp3) is 0.409. The summed E-state index contributed by atoms with van der Waals surface area (Å²) in [6.07, 6.45) is -1.17. The molecule has 1 aliphatic heterocycles. The van der Waals surface area contributed by atoms with E-state index in [4.69, 9.17) is 9.47 Å². The van der Waals surface area contributed by atoms with E-state index < -0.39 is 24.4 Å².